The number of hydrogen-bond acceptors (Lipinski definition) is 18. The number of likely N-dealkylation sites (tertiary alicyclic amines) is 2. The first kappa shape index (κ1) is 56.8. The molecular formula is C59H72N12O9S. The molecule has 0 saturated carbocycles. The summed E-state index contributed by atoms with van der Waals surface area (Å²) in [6.45, 7) is 12.7. The number of aliphatic hydroxyl groups excluding tert-OH is 1. The Bertz CT molecular complexity index is 3230. The molecule has 21 nitrogen and oxygen atoms in total. The normalized spacial score (nSPS) is 20.6. The molecule has 4 aliphatic rings. The van der Waals surface area contributed by atoms with E-state index in [1.165, 1.54) is 27.0 Å². The van der Waals surface area contributed by atoms with Crippen molar-refractivity contribution in [2.75, 3.05) is 89.2 Å². The van der Waals surface area contributed by atoms with E-state index in [0.29, 0.717) is 82.8 Å². The first-order chi connectivity index (χ1) is 39.2. The third-order valence-electron chi connectivity index (χ3n) is 15.9. The fourth-order valence-corrected chi connectivity index (χ4v) is 12.5. The van der Waals surface area contributed by atoms with Gasteiger partial charge in [0.25, 0.3) is 0 Å². The van der Waals surface area contributed by atoms with E-state index in [4.69, 9.17) is 39.2 Å². The Morgan fingerprint density at radius 2 is 1.75 bits per heavy atom. The Morgan fingerprint density at radius 1 is 0.926 bits per heavy atom. The number of urea groups is 1. The Kier molecular flexibility index (Phi) is 17.9. The molecule has 6 aromatic rings. The number of fused-ring (bicyclic) bond motifs is 2. The van der Waals surface area contributed by atoms with Gasteiger partial charge in [0.05, 0.1) is 84.6 Å². The number of primary amides is 1. The zero-order valence-electron chi connectivity index (χ0n) is 46.7. The zero-order chi connectivity index (χ0) is 56.7. The van der Waals surface area contributed by atoms with Gasteiger partial charge in [-0.15, -0.1) is 11.3 Å². The molecule has 3 aromatic heterocycles. The molecule has 0 spiro atoms. The van der Waals surface area contributed by atoms with Crippen LogP contribution in [0.15, 0.2) is 76.8 Å². The van der Waals surface area contributed by atoms with Gasteiger partial charge in [0.2, 0.25) is 11.8 Å². The molecule has 6 atom stereocenters. The number of anilines is 2. The van der Waals surface area contributed by atoms with Crippen molar-refractivity contribution in [3.8, 4) is 28.3 Å². The minimum Gasteiger partial charge on any atom is -0.491 e. The third kappa shape index (κ3) is 13.0. The SMILES string of the molecule is Cc1cc(C(C(=O)N2C[C@H](O)C[C@H]2C(=O)NCc2ccc(-c3scnc3C)cc2OCCOCCO[C@@H]2C[C@@H](COc3nc4c(c(N5CCN(C(N)=O)[C@@H](CC#N)C5)n3)CCN(c3cccc5ccccc35)C4)N(C)C2)C(C)C)on1. The maximum absolute atomic E-state index is 14.0. The molecule has 428 valence electrons. The molecule has 3 fully saturated rings. The molecule has 3 saturated heterocycles. The van der Waals surface area contributed by atoms with Crippen molar-refractivity contribution in [1.29, 1.82) is 5.26 Å². The number of β-amino-alcohol motifs (C(OH)–C–C–N with tert-alkyl or cyclic N) is 1. The summed E-state index contributed by atoms with van der Waals surface area (Å²) in [5.74, 6) is 0.339. The number of aliphatic hydroxyl groups is 1. The van der Waals surface area contributed by atoms with Gasteiger partial charge in [-0.25, -0.2) is 9.78 Å². The van der Waals surface area contributed by atoms with Gasteiger partial charge in [0.15, 0.2) is 0 Å². The number of ether oxygens (including phenoxy) is 4. The van der Waals surface area contributed by atoms with E-state index in [0.717, 1.165) is 57.4 Å². The number of benzene rings is 3. The molecule has 22 heteroatoms. The molecule has 4 N–H and O–H groups in total. The van der Waals surface area contributed by atoms with Crippen LogP contribution in [-0.4, -0.2) is 167 Å². The maximum atomic E-state index is 14.0. The lowest BCUT2D eigenvalue weighted by atomic mass is 9.91. The highest BCUT2D eigenvalue weighted by atomic mass is 32.1. The minimum absolute atomic E-state index is 0.0412. The number of hydrogen-bond donors (Lipinski definition) is 3. The van der Waals surface area contributed by atoms with Crippen LogP contribution in [0, 0.1) is 31.1 Å². The number of rotatable bonds is 21. The summed E-state index contributed by atoms with van der Waals surface area (Å²) in [6.07, 6.45) is 0.838. The Hall–Kier alpha value is -7.42. The number of aromatic nitrogens is 4. The summed E-state index contributed by atoms with van der Waals surface area (Å²) in [5.41, 5.74) is 13.9. The highest BCUT2D eigenvalue weighted by molar-refractivity contribution is 7.13. The van der Waals surface area contributed by atoms with Crippen molar-refractivity contribution >= 4 is 51.5 Å². The topological polar surface area (TPSA) is 251 Å². The molecule has 10 rings (SSSR count). The summed E-state index contributed by atoms with van der Waals surface area (Å²) in [5, 5.41) is 29.7. The predicted molar refractivity (Wildman–Crippen MR) is 305 cm³/mol. The molecule has 0 bridgehead atoms. The molecule has 4 aliphatic heterocycles. The lowest BCUT2D eigenvalue weighted by molar-refractivity contribution is -0.141. The number of nitrogens with one attached hydrogen (secondary N) is 1. The summed E-state index contributed by atoms with van der Waals surface area (Å²) in [4.78, 5) is 65.6. The van der Waals surface area contributed by atoms with Crippen LogP contribution in [0.25, 0.3) is 21.2 Å². The van der Waals surface area contributed by atoms with Crippen LogP contribution in [0.2, 0.25) is 0 Å². The Balaban J connectivity index is 0.728. The molecular weight excluding hydrogens is 1050 g/mol. The van der Waals surface area contributed by atoms with Gasteiger partial charge in [-0.05, 0) is 62.7 Å². The van der Waals surface area contributed by atoms with Gasteiger partial charge in [-0.2, -0.15) is 15.2 Å². The monoisotopic (exact) mass is 1120 g/mol. The fourth-order valence-electron chi connectivity index (χ4n) is 11.7. The fraction of sp³-hybridized carbons (Fsp3) is 0.492. The van der Waals surface area contributed by atoms with Crippen LogP contribution >= 0.6 is 11.3 Å². The first-order valence-electron chi connectivity index (χ1n) is 27.9. The number of likely N-dealkylation sites (N-methyl/N-ethyl adjacent to an activating group) is 1. The smallest absolute Gasteiger partial charge is 0.318 e. The third-order valence-corrected chi connectivity index (χ3v) is 16.9. The van der Waals surface area contributed by atoms with Crippen molar-refractivity contribution in [3.63, 3.8) is 0 Å². The Labute approximate surface area is 475 Å². The second-order valence-corrected chi connectivity index (χ2v) is 22.7. The van der Waals surface area contributed by atoms with Crippen LogP contribution in [-0.2, 0) is 38.6 Å². The van der Waals surface area contributed by atoms with E-state index in [1.807, 2.05) is 39.0 Å². The van der Waals surface area contributed by atoms with E-state index in [-0.39, 0.29) is 74.5 Å². The molecule has 0 radical (unpaired) electrons. The number of aryl methyl sites for hydroxylation is 2. The molecule has 0 aliphatic carbocycles. The van der Waals surface area contributed by atoms with Gasteiger partial charge in [0.1, 0.15) is 42.5 Å². The quantitative estimate of drug-likeness (QED) is 0.0701. The van der Waals surface area contributed by atoms with Crippen molar-refractivity contribution < 1.29 is 43.0 Å². The van der Waals surface area contributed by atoms with Crippen molar-refractivity contribution in [3.05, 3.63) is 106 Å². The number of nitrogens with zero attached hydrogens (tertiary/aromatic N) is 10. The van der Waals surface area contributed by atoms with Gasteiger partial charge < -0.3 is 59.2 Å². The van der Waals surface area contributed by atoms with E-state index in [9.17, 15) is 24.8 Å². The summed E-state index contributed by atoms with van der Waals surface area (Å²) in [6, 6.07) is 23.1. The zero-order valence-corrected chi connectivity index (χ0v) is 47.5. The Morgan fingerprint density at radius 3 is 2.53 bits per heavy atom. The molecule has 81 heavy (non-hydrogen) atoms. The summed E-state index contributed by atoms with van der Waals surface area (Å²) >= 11 is 1.53. The van der Waals surface area contributed by atoms with Crippen molar-refractivity contribution in [2.24, 2.45) is 11.7 Å². The van der Waals surface area contributed by atoms with Crippen LogP contribution in [0.4, 0.5) is 16.3 Å². The van der Waals surface area contributed by atoms with E-state index in [1.54, 1.807) is 23.4 Å². The lowest BCUT2D eigenvalue weighted by Crippen LogP contribution is -2.57. The van der Waals surface area contributed by atoms with Crippen molar-refractivity contribution in [2.45, 2.75) is 103 Å². The van der Waals surface area contributed by atoms with Crippen molar-refractivity contribution in [1.82, 2.24) is 40.1 Å². The molecule has 1 unspecified atom stereocenters. The number of nitriles is 1. The molecule has 7 heterocycles. The maximum Gasteiger partial charge on any atom is 0.318 e. The summed E-state index contributed by atoms with van der Waals surface area (Å²) < 4.78 is 30.7. The highest BCUT2D eigenvalue weighted by Crippen LogP contribution is 2.37. The van der Waals surface area contributed by atoms with Crippen LogP contribution in [0.5, 0.6) is 11.8 Å². The first-order valence-corrected chi connectivity index (χ1v) is 28.8. The summed E-state index contributed by atoms with van der Waals surface area (Å²) in [7, 11) is 2.06. The van der Waals surface area contributed by atoms with Gasteiger partial charge in [0, 0.05) is 86.5 Å². The van der Waals surface area contributed by atoms with Crippen LogP contribution in [0.3, 0.4) is 0 Å². The second-order valence-electron chi connectivity index (χ2n) is 21.8. The van der Waals surface area contributed by atoms with E-state index >= 15 is 0 Å². The number of thiazole rings is 1. The molecule has 3 aromatic carbocycles. The number of amides is 4. The van der Waals surface area contributed by atoms with Gasteiger partial charge in [-0.3, -0.25) is 14.5 Å². The predicted octanol–water partition coefficient (Wildman–Crippen LogP) is 5.99. The molecule has 4 amide bonds. The number of nitrogens with two attached hydrogens (primary N) is 1. The number of piperazine rings is 1. The second kappa shape index (κ2) is 25.6. The average molecular weight is 1130 g/mol. The largest absolute Gasteiger partial charge is 0.491 e. The van der Waals surface area contributed by atoms with Crippen LogP contribution in [0.1, 0.15) is 73.0 Å². The van der Waals surface area contributed by atoms with Gasteiger partial charge in [-0.1, -0.05) is 67.5 Å². The average Bonchev–Trinajstić information content (AvgIpc) is 4.35. The van der Waals surface area contributed by atoms with E-state index in [2.05, 4.69) is 85.7 Å². The van der Waals surface area contributed by atoms with E-state index < -0.39 is 24.1 Å². The lowest BCUT2D eigenvalue weighted by Gasteiger charge is -2.41. The minimum atomic E-state index is -0.866. The standard InChI is InChI=1S/C59H72N12O9S/c1-36(2)53(52-25-37(3)66-80-52)57(74)71-31-44(72)28-50(71)56(73)62-29-41-14-13-40(54-38(4)63-35-81-54)26-51(41)78-24-22-76-21-23-77-45-27-43(67(5)32-45)34-79-59-64-48-33-68(49-12-8-10-39-9-6-7-11-46(39)49)18-16-47(48)55(65-59)69-19-20-70(58(61)75)42(30-69)15-17-60/h6-14,25-26,35-36,42-45,50,53,72H,15-16,18-24,27-34H2,1-5H3,(H2,61,75)(H,62,73)/t42-,43-,44+,45+,50-,53?/m0/s1. The van der Waals surface area contributed by atoms with Crippen LogP contribution < -0.4 is 30.3 Å². The number of carbonyl (C=O) groups excluding carboxylic acids is 3. The highest BCUT2D eigenvalue weighted by Gasteiger charge is 2.43. The number of carbonyl (C=O) groups is 3. The van der Waals surface area contributed by atoms with Gasteiger partial charge >= 0.3 is 12.0 Å².